The molecule has 2 nitrogen and oxygen atoms in total. The first-order valence-electron chi connectivity index (χ1n) is 6.06. The second-order valence-corrected chi connectivity index (χ2v) is 4.55. The number of ether oxygens (including phenoxy) is 2. The molecule has 0 aliphatic rings. The van der Waals surface area contributed by atoms with Gasteiger partial charge in [-0.25, -0.2) is 4.39 Å². The van der Waals surface area contributed by atoms with E-state index in [2.05, 4.69) is 13.8 Å². The molecule has 0 atom stereocenters. The summed E-state index contributed by atoms with van der Waals surface area (Å²) in [5.74, 6) is 0.977. The molecule has 0 N–H and O–H groups in total. The average molecular weight is 240 g/mol. The van der Waals surface area contributed by atoms with Crippen molar-refractivity contribution in [3.63, 3.8) is 0 Å². The highest BCUT2D eigenvalue weighted by molar-refractivity contribution is 5.32. The van der Waals surface area contributed by atoms with Crippen LogP contribution in [0.4, 0.5) is 4.39 Å². The fourth-order valence-corrected chi connectivity index (χ4v) is 1.36. The largest absolute Gasteiger partial charge is 0.491 e. The van der Waals surface area contributed by atoms with E-state index in [-0.39, 0.29) is 5.82 Å². The van der Waals surface area contributed by atoms with E-state index in [0.717, 1.165) is 18.6 Å². The molecule has 17 heavy (non-hydrogen) atoms. The zero-order chi connectivity index (χ0) is 12.7. The Morgan fingerprint density at radius 1 is 1.18 bits per heavy atom. The van der Waals surface area contributed by atoms with E-state index in [0.29, 0.717) is 24.9 Å². The van der Waals surface area contributed by atoms with E-state index in [1.165, 1.54) is 12.1 Å². The summed E-state index contributed by atoms with van der Waals surface area (Å²) in [6.07, 6.45) is 1.05. The smallest absolute Gasteiger partial charge is 0.126 e. The van der Waals surface area contributed by atoms with Crippen LogP contribution in [0.3, 0.4) is 0 Å². The van der Waals surface area contributed by atoms with Crippen molar-refractivity contribution in [2.45, 2.75) is 27.2 Å². The van der Waals surface area contributed by atoms with E-state index in [4.69, 9.17) is 9.47 Å². The van der Waals surface area contributed by atoms with Crippen molar-refractivity contribution in [1.29, 1.82) is 0 Å². The summed E-state index contributed by atoms with van der Waals surface area (Å²) < 4.78 is 23.8. The summed E-state index contributed by atoms with van der Waals surface area (Å²) in [4.78, 5) is 0. The van der Waals surface area contributed by atoms with Gasteiger partial charge < -0.3 is 9.47 Å². The van der Waals surface area contributed by atoms with Crippen molar-refractivity contribution >= 4 is 0 Å². The summed E-state index contributed by atoms with van der Waals surface area (Å²) >= 11 is 0. The molecule has 0 aromatic heterocycles. The number of hydrogen-bond acceptors (Lipinski definition) is 2. The highest BCUT2D eigenvalue weighted by Gasteiger charge is 2.01. The minimum absolute atomic E-state index is 0.272. The Bertz CT molecular complexity index is 337. The molecule has 0 heterocycles. The third-order valence-corrected chi connectivity index (χ3v) is 2.47. The van der Waals surface area contributed by atoms with Gasteiger partial charge in [0.05, 0.1) is 6.61 Å². The first-order valence-corrected chi connectivity index (χ1v) is 6.06. The van der Waals surface area contributed by atoms with Gasteiger partial charge in [-0.05, 0) is 30.9 Å². The maximum Gasteiger partial charge on any atom is 0.126 e. The van der Waals surface area contributed by atoms with Crippen LogP contribution in [0.2, 0.25) is 0 Å². The Kier molecular flexibility index (Phi) is 5.98. The van der Waals surface area contributed by atoms with Crippen molar-refractivity contribution in [2.24, 2.45) is 5.92 Å². The molecule has 0 saturated heterocycles. The van der Waals surface area contributed by atoms with E-state index < -0.39 is 0 Å². The molecular weight excluding hydrogens is 219 g/mol. The molecule has 0 amide bonds. The van der Waals surface area contributed by atoms with E-state index in [1.807, 2.05) is 6.92 Å². The molecule has 1 rings (SSSR count). The van der Waals surface area contributed by atoms with Gasteiger partial charge in [-0.1, -0.05) is 19.9 Å². The molecule has 96 valence electrons. The molecular formula is C14H21FO2. The van der Waals surface area contributed by atoms with Crippen molar-refractivity contribution in [3.8, 4) is 5.75 Å². The molecule has 1 aromatic rings. The van der Waals surface area contributed by atoms with Gasteiger partial charge in [0.25, 0.3) is 0 Å². The maximum atomic E-state index is 13.0. The zero-order valence-corrected chi connectivity index (χ0v) is 10.8. The standard InChI is InChI=1S/C14H21FO2/c1-11(2)6-7-16-8-9-17-14-10-13(15)5-4-12(14)3/h4-5,10-11H,6-9H2,1-3H3. The van der Waals surface area contributed by atoms with Crippen LogP contribution in [0.5, 0.6) is 5.75 Å². The third-order valence-electron chi connectivity index (χ3n) is 2.47. The van der Waals surface area contributed by atoms with Gasteiger partial charge in [-0.15, -0.1) is 0 Å². The molecule has 0 bridgehead atoms. The number of halogens is 1. The lowest BCUT2D eigenvalue weighted by Gasteiger charge is -2.10. The van der Waals surface area contributed by atoms with Crippen LogP contribution in [0, 0.1) is 18.7 Å². The Hall–Kier alpha value is -1.09. The summed E-state index contributed by atoms with van der Waals surface area (Å²) in [7, 11) is 0. The van der Waals surface area contributed by atoms with Gasteiger partial charge in [0.1, 0.15) is 18.2 Å². The molecule has 0 aliphatic heterocycles. The Balaban J connectivity index is 2.20. The second kappa shape index (κ2) is 7.28. The SMILES string of the molecule is Cc1ccc(F)cc1OCCOCCC(C)C. The summed E-state index contributed by atoms with van der Waals surface area (Å²) in [5.41, 5.74) is 0.939. The summed E-state index contributed by atoms with van der Waals surface area (Å²) in [6, 6.07) is 4.55. The normalized spacial score (nSPS) is 10.9. The fourth-order valence-electron chi connectivity index (χ4n) is 1.36. The quantitative estimate of drug-likeness (QED) is 0.678. The number of hydrogen-bond donors (Lipinski definition) is 0. The lowest BCUT2D eigenvalue weighted by molar-refractivity contribution is 0.0923. The predicted molar refractivity (Wildman–Crippen MR) is 66.9 cm³/mol. The van der Waals surface area contributed by atoms with Crippen LogP contribution in [0.1, 0.15) is 25.8 Å². The molecule has 0 unspecified atom stereocenters. The van der Waals surface area contributed by atoms with Crippen molar-refractivity contribution < 1.29 is 13.9 Å². The highest BCUT2D eigenvalue weighted by atomic mass is 19.1. The summed E-state index contributed by atoms with van der Waals surface area (Å²) in [6.45, 7) is 7.98. The molecule has 0 fully saturated rings. The molecule has 0 spiro atoms. The average Bonchev–Trinajstić information content (AvgIpc) is 2.27. The first kappa shape index (κ1) is 14.0. The highest BCUT2D eigenvalue weighted by Crippen LogP contribution is 2.18. The Labute approximate surface area is 103 Å². The van der Waals surface area contributed by atoms with Crippen LogP contribution in [0.15, 0.2) is 18.2 Å². The van der Waals surface area contributed by atoms with Crippen LogP contribution in [0.25, 0.3) is 0 Å². The topological polar surface area (TPSA) is 18.5 Å². The van der Waals surface area contributed by atoms with Gasteiger partial charge in [-0.2, -0.15) is 0 Å². The zero-order valence-electron chi connectivity index (χ0n) is 10.8. The lowest BCUT2D eigenvalue weighted by atomic mass is 10.1. The van der Waals surface area contributed by atoms with E-state index >= 15 is 0 Å². The summed E-state index contributed by atoms with van der Waals surface area (Å²) in [5, 5.41) is 0. The van der Waals surface area contributed by atoms with E-state index in [9.17, 15) is 4.39 Å². The van der Waals surface area contributed by atoms with Crippen LogP contribution >= 0.6 is 0 Å². The molecule has 1 aromatic carbocycles. The van der Waals surface area contributed by atoms with Gasteiger partial charge in [-0.3, -0.25) is 0 Å². The molecule has 3 heteroatoms. The lowest BCUT2D eigenvalue weighted by Crippen LogP contribution is -2.09. The minimum atomic E-state index is -0.272. The van der Waals surface area contributed by atoms with Crippen molar-refractivity contribution in [3.05, 3.63) is 29.6 Å². The predicted octanol–water partition coefficient (Wildman–Crippen LogP) is 3.58. The van der Waals surface area contributed by atoms with Gasteiger partial charge in [0.15, 0.2) is 0 Å². The first-order chi connectivity index (χ1) is 8.09. The number of aryl methyl sites for hydroxylation is 1. The third kappa shape index (κ3) is 5.68. The Morgan fingerprint density at radius 3 is 2.65 bits per heavy atom. The Morgan fingerprint density at radius 2 is 1.94 bits per heavy atom. The number of rotatable bonds is 7. The van der Waals surface area contributed by atoms with E-state index in [1.54, 1.807) is 6.07 Å². The fraction of sp³-hybridized carbons (Fsp3) is 0.571. The molecule has 0 radical (unpaired) electrons. The second-order valence-electron chi connectivity index (χ2n) is 4.55. The van der Waals surface area contributed by atoms with Gasteiger partial charge in [0.2, 0.25) is 0 Å². The van der Waals surface area contributed by atoms with Crippen LogP contribution in [-0.4, -0.2) is 19.8 Å². The molecule has 0 aliphatic carbocycles. The number of benzene rings is 1. The van der Waals surface area contributed by atoms with Crippen molar-refractivity contribution in [1.82, 2.24) is 0 Å². The monoisotopic (exact) mass is 240 g/mol. The van der Waals surface area contributed by atoms with Crippen LogP contribution < -0.4 is 4.74 Å². The van der Waals surface area contributed by atoms with Gasteiger partial charge >= 0.3 is 0 Å². The molecule has 0 saturated carbocycles. The van der Waals surface area contributed by atoms with Crippen molar-refractivity contribution in [2.75, 3.05) is 19.8 Å². The maximum absolute atomic E-state index is 13.0. The minimum Gasteiger partial charge on any atom is -0.491 e. The van der Waals surface area contributed by atoms with Crippen LogP contribution in [-0.2, 0) is 4.74 Å². The van der Waals surface area contributed by atoms with Gasteiger partial charge in [0, 0.05) is 12.7 Å².